The summed E-state index contributed by atoms with van der Waals surface area (Å²) in [4.78, 5) is 21.8. The number of allylic oxidation sites excluding steroid dienone is 1. The quantitative estimate of drug-likeness (QED) is 0.550. The highest BCUT2D eigenvalue weighted by Crippen LogP contribution is 2.04. The minimum absolute atomic E-state index is 0.161. The third kappa shape index (κ3) is 3.32. The maximum Gasteiger partial charge on any atom is 0.250 e. The summed E-state index contributed by atoms with van der Waals surface area (Å²) in [7, 11) is 0. The van der Waals surface area contributed by atoms with Crippen LogP contribution in [0.15, 0.2) is 12.2 Å². The summed E-state index contributed by atoms with van der Waals surface area (Å²) in [6, 6.07) is 0. The highest BCUT2D eigenvalue weighted by molar-refractivity contribution is 6.00. The predicted octanol–water partition coefficient (Wildman–Crippen LogP) is 1.15. The van der Waals surface area contributed by atoms with E-state index in [1.54, 1.807) is 0 Å². The summed E-state index contributed by atoms with van der Waals surface area (Å²) < 4.78 is 0. The van der Waals surface area contributed by atoms with Crippen molar-refractivity contribution in [1.29, 1.82) is 0 Å². The summed E-state index contributed by atoms with van der Waals surface area (Å²) in [5, 5.41) is 2.28. The molecule has 3 nitrogen and oxygen atoms in total. The van der Waals surface area contributed by atoms with Gasteiger partial charge in [-0.3, -0.25) is 14.9 Å². The minimum atomic E-state index is -0.290. The van der Waals surface area contributed by atoms with Crippen molar-refractivity contribution in [3.63, 3.8) is 0 Å². The van der Waals surface area contributed by atoms with Gasteiger partial charge in [-0.1, -0.05) is 12.5 Å². The summed E-state index contributed by atoms with van der Waals surface area (Å²) in [6.45, 7) is 0. The first-order valence-corrected chi connectivity index (χ1v) is 4.29. The zero-order chi connectivity index (χ0) is 8.81. The summed E-state index contributed by atoms with van der Waals surface area (Å²) in [6.07, 6.45) is 7.66. The average Bonchev–Trinajstić information content (AvgIpc) is 2.02. The molecule has 0 saturated carbocycles. The van der Waals surface area contributed by atoms with Crippen molar-refractivity contribution in [2.24, 2.45) is 0 Å². The largest absolute Gasteiger partial charge is 0.293 e. The molecule has 0 unspecified atom stereocenters. The van der Waals surface area contributed by atoms with E-state index in [0.29, 0.717) is 6.42 Å². The van der Waals surface area contributed by atoms with Gasteiger partial charge in [0.2, 0.25) is 11.8 Å². The molecule has 0 aromatic heterocycles. The molecule has 0 aliphatic carbocycles. The molecule has 1 aliphatic heterocycles. The van der Waals surface area contributed by atoms with Crippen LogP contribution < -0.4 is 5.32 Å². The topological polar surface area (TPSA) is 46.2 Å². The van der Waals surface area contributed by atoms with Crippen molar-refractivity contribution in [3.8, 4) is 0 Å². The Morgan fingerprint density at radius 2 is 2.00 bits per heavy atom. The van der Waals surface area contributed by atoms with Crippen molar-refractivity contribution in [2.75, 3.05) is 0 Å². The normalized spacial score (nSPS) is 20.3. The third-order valence-corrected chi connectivity index (χ3v) is 1.81. The summed E-state index contributed by atoms with van der Waals surface area (Å²) in [5.41, 5.74) is 0. The highest BCUT2D eigenvalue weighted by atomic mass is 16.2. The van der Waals surface area contributed by atoms with E-state index in [1.165, 1.54) is 6.08 Å². The SMILES string of the molecule is O=C1C=CCCCCCC(=O)N1. The van der Waals surface area contributed by atoms with Gasteiger partial charge in [-0.05, 0) is 25.3 Å². The Labute approximate surface area is 71.8 Å². The van der Waals surface area contributed by atoms with E-state index in [0.717, 1.165) is 25.7 Å². The number of carbonyl (C=O) groups excluding carboxylic acids is 2. The number of rotatable bonds is 0. The Kier molecular flexibility index (Phi) is 3.51. The van der Waals surface area contributed by atoms with Crippen LogP contribution in [0.3, 0.4) is 0 Å². The van der Waals surface area contributed by atoms with Crippen LogP contribution >= 0.6 is 0 Å². The fraction of sp³-hybridized carbons (Fsp3) is 0.556. The first-order valence-electron chi connectivity index (χ1n) is 4.29. The van der Waals surface area contributed by atoms with Crippen molar-refractivity contribution in [3.05, 3.63) is 12.2 Å². The minimum Gasteiger partial charge on any atom is -0.293 e. The lowest BCUT2D eigenvalue weighted by Gasteiger charge is -2.03. The molecule has 66 valence electrons. The maximum absolute atomic E-state index is 10.9. The lowest BCUT2D eigenvalue weighted by atomic mass is 10.1. The standard InChI is InChI=1S/C9H13NO2/c11-8-6-4-2-1-3-5-7-9(12)10-8/h4,6H,1-3,5,7H2,(H,10,11,12). The first kappa shape index (κ1) is 8.97. The fourth-order valence-corrected chi connectivity index (χ4v) is 1.16. The van der Waals surface area contributed by atoms with Crippen molar-refractivity contribution in [2.45, 2.75) is 32.1 Å². The average molecular weight is 167 g/mol. The summed E-state index contributed by atoms with van der Waals surface area (Å²) >= 11 is 0. The second-order valence-electron chi connectivity index (χ2n) is 2.91. The van der Waals surface area contributed by atoms with E-state index in [4.69, 9.17) is 0 Å². The molecule has 0 atom stereocenters. The van der Waals surface area contributed by atoms with Crippen LogP contribution in [0.1, 0.15) is 32.1 Å². The molecule has 0 spiro atoms. The zero-order valence-electron chi connectivity index (χ0n) is 7.01. The van der Waals surface area contributed by atoms with Crippen LogP contribution in [0.2, 0.25) is 0 Å². The Bertz CT molecular complexity index is 209. The van der Waals surface area contributed by atoms with E-state index >= 15 is 0 Å². The molecule has 3 heteroatoms. The van der Waals surface area contributed by atoms with Gasteiger partial charge in [-0.2, -0.15) is 0 Å². The van der Waals surface area contributed by atoms with Crippen LogP contribution in [0.25, 0.3) is 0 Å². The number of hydrogen-bond acceptors (Lipinski definition) is 2. The van der Waals surface area contributed by atoms with Gasteiger partial charge in [0.1, 0.15) is 0 Å². The number of imide groups is 1. The molecular weight excluding hydrogens is 154 g/mol. The van der Waals surface area contributed by atoms with Crippen molar-refractivity contribution < 1.29 is 9.59 Å². The predicted molar refractivity (Wildman–Crippen MR) is 45.4 cm³/mol. The lowest BCUT2D eigenvalue weighted by Crippen LogP contribution is -2.28. The van der Waals surface area contributed by atoms with Crippen LogP contribution in [0.5, 0.6) is 0 Å². The molecule has 1 N–H and O–H groups in total. The molecule has 0 aromatic carbocycles. The van der Waals surface area contributed by atoms with E-state index in [-0.39, 0.29) is 11.8 Å². The van der Waals surface area contributed by atoms with Crippen LogP contribution in [-0.2, 0) is 9.59 Å². The second-order valence-corrected chi connectivity index (χ2v) is 2.91. The van der Waals surface area contributed by atoms with E-state index < -0.39 is 0 Å². The molecule has 0 bridgehead atoms. The van der Waals surface area contributed by atoms with Gasteiger partial charge in [0.05, 0.1) is 0 Å². The lowest BCUT2D eigenvalue weighted by molar-refractivity contribution is -0.128. The molecular formula is C9H13NO2. The van der Waals surface area contributed by atoms with Crippen molar-refractivity contribution >= 4 is 11.8 Å². The van der Waals surface area contributed by atoms with Crippen molar-refractivity contribution in [1.82, 2.24) is 5.32 Å². The zero-order valence-corrected chi connectivity index (χ0v) is 7.01. The fourth-order valence-electron chi connectivity index (χ4n) is 1.16. The molecule has 1 rings (SSSR count). The number of hydrogen-bond donors (Lipinski definition) is 1. The molecule has 1 heterocycles. The molecule has 1 aliphatic rings. The van der Waals surface area contributed by atoms with Gasteiger partial charge >= 0.3 is 0 Å². The highest BCUT2D eigenvalue weighted by Gasteiger charge is 2.05. The number of amides is 2. The van der Waals surface area contributed by atoms with Gasteiger partial charge in [0.15, 0.2) is 0 Å². The van der Waals surface area contributed by atoms with E-state index in [2.05, 4.69) is 5.32 Å². The molecule has 0 saturated heterocycles. The van der Waals surface area contributed by atoms with E-state index in [1.807, 2.05) is 6.08 Å². The molecule has 12 heavy (non-hydrogen) atoms. The van der Waals surface area contributed by atoms with Crippen LogP contribution in [0.4, 0.5) is 0 Å². The molecule has 0 fully saturated rings. The number of nitrogens with one attached hydrogen (secondary N) is 1. The number of carbonyl (C=O) groups is 2. The van der Waals surface area contributed by atoms with Gasteiger partial charge < -0.3 is 0 Å². The Morgan fingerprint density at radius 3 is 2.83 bits per heavy atom. The smallest absolute Gasteiger partial charge is 0.250 e. The summed E-state index contributed by atoms with van der Waals surface area (Å²) in [5.74, 6) is -0.451. The Hall–Kier alpha value is -1.12. The second kappa shape index (κ2) is 4.70. The first-order chi connectivity index (χ1) is 5.79. The van der Waals surface area contributed by atoms with E-state index in [9.17, 15) is 9.59 Å². The molecule has 2 amide bonds. The van der Waals surface area contributed by atoms with Gasteiger partial charge in [0, 0.05) is 6.42 Å². The van der Waals surface area contributed by atoms with Crippen LogP contribution in [0, 0.1) is 0 Å². The van der Waals surface area contributed by atoms with Crippen LogP contribution in [-0.4, -0.2) is 11.8 Å². The van der Waals surface area contributed by atoms with Gasteiger partial charge in [0.25, 0.3) is 0 Å². The molecule has 0 aromatic rings. The van der Waals surface area contributed by atoms with Gasteiger partial charge in [-0.15, -0.1) is 0 Å². The third-order valence-electron chi connectivity index (χ3n) is 1.81. The van der Waals surface area contributed by atoms with Gasteiger partial charge in [-0.25, -0.2) is 0 Å². The Balaban J connectivity index is 2.48. The Morgan fingerprint density at radius 1 is 1.17 bits per heavy atom. The molecule has 0 radical (unpaired) electrons. The maximum atomic E-state index is 10.9. The monoisotopic (exact) mass is 167 g/mol.